The minimum Gasteiger partial charge on any atom is -0.466 e. The van der Waals surface area contributed by atoms with Crippen LogP contribution in [0.3, 0.4) is 0 Å². The minimum atomic E-state index is -0.518. The Hall–Kier alpha value is -1.35. The van der Waals surface area contributed by atoms with Crippen LogP contribution in [0.5, 0.6) is 0 Å². The maximum Gasteiger partial charge on any atom is 0.330 e. The van der Waals surface area contributed by atoms with Crippen LogP contribution < -0.4 is 0 Å². The molecule has 0 aliphatic heterocycles. The standard InChI is InChI=1S/C25H36O3/c1-23(27)14-15-25(3)18(16-23)8-10-19-20-11-9-17(6-5-7-22(26)28-4)24(20,2)13-12-21(19)25/h5,7-9,19-21,27H,6,10-16H2,1-4H3/b7-5+/t19?,20?,21?,23-,24?,25?/m0/s1. The van der Waals surface area contributed by atoms with Crippen LogP contribution in [-0.4, -0.2) is 23.8 Å². The molecule has 0 saturated heterocycles. The van der Waals surface area contributed by atoms with E-state index in [2.05, 4.69) is 26.0 Å². The van der Waals surface area contributed by atoms with Gasteiger partial charge in [0.2, 0.25) is 0 Å². The normalized spacial score (nSPS) is 45.0. The third-order valence-corrected chi connectivity index (χ3v) is 8.91. The summed E-state index contributed by atoms with van der Waals surface area (Å²) >= 11 is 0. The van der Waals surface area contributed by atoms with Crippen molar-refractivity contribution in [3.8, 4) is 0 Å². The zero-order valence-corrected chi connectivity index (χ0v) is 18.0. The summed E-state index contributed by atoms with van der Waals surface area (Å²) in [5, 5.41) is 10.6. The number of hydrogen-bond acceptors (Lipinski definition) is 3. The Morgan fingerprint density at radius 1 is 1.14 bits per heavy atom. The zero-order chi connectivity index (χ0) is 20.2. The molecule has 0 radical (unpaired) electrons. The first-order valence-corrected chi connectivity index (χ1v) is 11.1. The van der Waals surface area contributed by atoms with Gasteiger partial charge in [-0.1, -0.05) is 43.2 Å². The van der Waals surface area contributed by atoms with Gasteiger partial charge in [0.25, 0.3) is 0 Å². The van der Waals surface area contributed by atoms with E-state index in [1.165, 1.54) is 43.9 Å². The molecule has 2 saturated carbocycles. The van der Waals surface area contributed by atoms with Crippen LogP contribution >= 0.6 is 0 Å². The van der Waals surface area contributed by atoms with Gasteiger partial charge in [-0.25, -0.2) is 4.79 Å². The van der Waals surface area contributed by atoms with Gasteiger partial charge in [0, 0.05) is 6.08 Å². The lowest BCUT2D eigenvalue weighted by atomic mass is 9.46. The third-order valence-electron chi connectivity index (χ3n) is 8.91. The van der Waals surface area contributed by atoms with Crippen molar-refractivity contribution < 1.29 is 14.6 Å². The number of esters is 1. The van der Waals surface area contributed by atoms with Crippen LogP contribution in [-0.2, 0) is 9.53 Å². The summed E-state index contributed by atoms with van der Waals surface area (Å²) in [7, 11) is 1.43. The first kappa shape index (κ1) is 19.9. The second-order valence-electron chi connectivity index (χ2n) is 10.5. The Bertz CT molecular complexity index is 743. The number of rotatable bonds is 3. The maximum atomic E-state index is 11.4. The highest BCUT2D eigenvalue weighted by molar-refractivity contribution is 5.81. The smallest absolute Gasteiger partial charge is 0.330 e. The molecule has 0 amide bonds. The van der Waals surface area contributed by atoms with Gasteiger partial charge >= 0.3 is 5.97 Å². The highest BCUT2D eigenvalue weighted by Gasteiger charge is 2.57. The molecule has 3 heteroatoms. The molecule has 4 rings (SSSR count). The van der Waals surface area contributed by atoms with Gasteiger partial charge in [-0.2, -0.15) is 0 Å². The summed E-state index contributed by atoms with van der Waals surface area (Å²) in [5.41, 5.74) is 3.07. The summed E-state index contributed by atoms with van der Waals surface area (Å²) in [5.74, 6) is 1.94. The van der Waals surface area contributed by atoms with Gasteiger partial charge in [0.15, 0.2) is 0 Å². The Balaban J connectivity index is 1.53. The first-order valence-electron chi connectivity index (χ1n) is 11.1. The molecule has 28 heavy (non-hydrogen) atoms. The number of ether oxygens (including phenoxy) is 1. The molecule has 0 spiro atoms. The van der Waals surface area contributed by atoms with Crippen LogP contribution in [0.2, 0.25) is 0 Å². The third kappa shape index (κ3) is 3.10. The number of carbonyl (C=O) groups is 1. The first-order chi connectivity index (χ1) is 13.2. The number of aliphatic hydroxyl groups is 1. The number of carbonyl (C=O) groups excluding carboxylic acids is 1. The maximum absolute atomic E-state index is 11.4. The molecule has 3 nitrogen and oxygen atoms in total. The fourth-order valence-electron chi connectivity index (χ4n) is 7.13. The molecule has 0 aromatic carbocycles. The van der Waals surface area contributed by atoms with Gasteiger partial charge in [0.05, 0.1) is 12.7 Å². The molecule has 154 valence electrons. The van der Waals surface area contributed by atoms with Crippen molar-refractivity contribution in [3.63, 3.8) is 0 Å². The van der Waals surface area contributed by atoms with Crippen molar-refractivity contribution in [1.82, 2.24) is 0 Å². The Labute approximate surface area is 169 Å². The summed E-state index contributed by atoms with van der Waals surface area (Å²) in [4.78, 5) is 11.4. The van der Waals surface area contributed by atoms with E-state index in [9.17, 15) is 9.90 Å². The monoisotopic (exact) mass is 384 g/mol. The number of hydrogen-bond donors (Lipinski definition) is 1. The van der Waals surface area contributed by atoms with E-state index in [0.717, 1.165) is 37.5 Å². The quantitative estimate of drug-likeness (QED) is 0.405. The van der Waals surface area contributed by atoms with Crippen LogP contribution in [0.25, 0.3) is 0 Å². The number of fused-ring (bicyclic) bond motifs is 5. The van der Waals surface area contributed by atoms with E-state index in [1.54, 1.807) is 6.08 Å². The van der Waals surface area contributed by atoms with Crippen molar-refractivity contribution in [3.05, 3.63) is 35.5 Å². The van der Waals surface area contributed by atoms with Crippen LogP contribution in [0, 0.1) is 28.6 Å². The zero-order valence-electron chi connectivity index (χ0n) is 18.0. The van der Waals surface area contributed by atoms with Crippen LogP contribution in [0.1, 0.15) is 72.1 Å². The molecule has 4 aliphatic rings. The summed E-state index contributed by atoms with van der Waals surface area (Å²) in [6.07, 6.45) is 17.1. The lowest BCUT2D eigenvalue weighted by Gasteiger charge is -2.58. The van der Waals surface area contributed by atoms with Crippen molar-refractivity contribution >= 4 is 5.97 Å². The minimum absolute atomic E-state index is 0.267. The molecule has 0 aromatic rings. The van der Waals surface area contributed by atoms with Gasteiger partial charge < -0.3 is 9.84 Å². The summed E-state index contributed by atoms with van der Waals surface area (Å²) in [6, 6.07) is 0. The van der Waals surface area contributed by atoms with Gasteiger partial charge in [-0.15, -0.1) is 0 Å². The predicted octanol–water partition coefficient (Wildman–Crippen LogP) is 5.36. The van der Waals surface area contributed by atoms with E-state index in [0.29, 0.717) is 5.92 Å². The van der Waals surface area contributed by atoms with Gasteiger partial charge in [-0.05, 0) is 86.9 Å². The molecule has 1 N–H and O–H groups in total. The molecule has 0 heterocycles. The average Bonchev–Trinajstić information content (AvgIpc) is 2.98. The highest BCUT2D eigenvalue weighted by atomic mass is 16.5. The SMILES string of the molecule is COC(=O)/C=C/CC1=CCC2C3CC=C4C[C@@](C)(O)CCC4(C)C3CCC12C. The fraction of sp³-hybridized carbons (Fsp3) is 0.720. The van der Waals surface area contributed by atoms with Crippen molar-refractivity contribution in [2.75, 3.05) is 7.11 Å². The fourth-order valence-corrected chi connectivity index (χ4v) is 7.13. The second-order valence-corrected chi connectivity index (χ2v) is 10.5. The molecule has 2 fully saturated rings. The number of methoxy groups -OCH3 is 1. The topological polar surface area (TPSA) is 46.5 Å². The average molecular weight is 385 g/mol. The van der Waals surface area contributed by atoms with Crippen molar-refractivity contribution in [2.24, 2.45) is 28.6 Å². The van der Waals surface area contributed by atoms with Crippen LogP contribution in [0.15, 0.2) is 35.5 Å². The highest BCUT2D eigenvalue weighted by Crippen LogP contribution is 2.65. The largest absolute Gasteiger partial charge is 0.466 e. The van der Waals surface area contributed by atoms with E-state index < -0.39 is 5.60 Å². The lowest BCUT2D eigenvalue weighted by molar-refractivity contribution is -0.134. The lowest BCUT2D eigenvalue weighted by Crippen LogP contribution is -2.51. The Morgan fingerprint density at radius 3 is 2.68 bits per heavy atom. The molecule has 0 bridgehead atoms. The molecule has 4 aliphatic carbocycles. The van der Waals surface area contributed by atoms with E-state index >= 15 is 0 Å². The Morgan fingerprint density at radius 2 is 1.93 bits per heavy atom. The van der Waals surface area contributed by atoms with Crippen LogP contribution in [0.4, 0.5) is 0 Å². The summed E-state index contributed by atoms with van der Waals surface area (Å²) < 4.78 is 4.72. The van der Waals surface area contributed by atoms with E-state index in [4.69, 9.17) is 4.74 Å². The van der Waals surface area contributed by atoms with E-state index in [-0.39, 0.29) is 16.8 Å². The molecular formula is C25H36O3. The Kier molecular flexibility index (Phi) is 4.89. The molecule has 0 aromatic heterocycles. The molecule has 6 atom stereocenters. The van der Waals surface area contributed by atoms with Gasteiger partial charge in [-0.3, -0.25) is 0 Å². The van der Waals surface area contributed by atoms with Crippen molar-refractivity contribution in [1.29, 1.82) is 0 Å². The van der Waals surface area contributed by atoms with Crippen molar-refractivity contribution in [2.45, 2.75) is 77.7 Å². The van der Waals surface area contributed by atoms with E-state index in [1.807, 2.05) is 13.0 Å². The predicted molar refractivity (Wildman–Crippen MR) is 112 cm³/mol. The van der Waals surface area contributed by atoms with Gasteiger partial charge in [0.1, 0.15) is 0 Å². The molecular weight excluding hydrogens is 348 g/mol. The second kappa shape index (κ2) is 6.86. The number of allylic oxidation sites excluding steroid dienone is 4. The summed E-state index contributed by atoms with van der Waals surface area (Å²) in [6.45, 7) is 6.95. The molecule has 5 unspecified atom stereocenters.